The molecule has 0 radical (unpaired) electrons. The van der Waals surface area contributed by atoms with Crippen LogP contribution in [-0.4, -0.2) is 39.8 Å². The van der Waals surface area contributed by atoms with E-state index in [2.05, 4.69) is 5.32 Å². The summed E-state index contributed by atoms with van der Waals surface area (Å²) in [4.78, 5) is 29.2. The number of para-hydroxylation sites is 1. The van der Waals surface area contributed by atoms with Crippen molar-refractivity contribution in [1.82, 2.24) is 0 Å². The molecule has 1 saturated heterocycles. The van der Waals surface area contributed by atoms with Gasteiger partial charge in [-0.15, -0.1) is 0 Å². The number of rotatable bonds is 11. The van der Waals surface area contributed by atoms with E-state index in [1.165, 1.54) is 17.0 Å². The summed E-state index contributed by atoms with van der Waals surface area (Å²) in [6.07, 6.45) is 1.87. The number of fused-ring (bicyclic) bond motifs is 1. The first-order chi connectivity index (χ1) is 23.7. The van der Waals surface area contributed by atoms with Gasteiger partial charge in [0.1, 0.15) is 0 Å². The summed E-state index contributed by atoms with van der Waals surface area (Å²) >= 11 is 0. The molecule has 1 aliphatic heterocycles. The highest BCUT2D eigenvalue weighted by Gasteiger charge is 2.55. The van der Waals surface area contributed by atoms with Crippen LogP contribution in [-0.2, 0) is 9.59 Å². The number of phenolic OH excluding ortho intramolecular Hbond substituents is 1. The van der Waals surface area contributed by atoms with E-state index in [0.717, 1.165) is 28.1 Å². The zero-order chi connectivity index (χ0) is 34.7. The fourth-order valence-corrected chi connectivity index (χ4v) is 7.29. The van der Waals surface area contributed by atoms with Crippen LogP contribution in [0.3, 0.4) is 0 Å². The van der Waals surface area contributed by atoms with E-state index in [-0.39, 0.29) is 30.8 Å². The number of aliphatic hydroxyl groups is 2. The standard InChI is InChI=1S/C41H41FN2O5/c1-25(2)32-23-33-39(41(49)44(40(33)48)31-17-15-30(16-18-31)43-29-11-7-4-8-12-29)34(24-45)38(32)37(47)20-14-28(27-9-5-3-6-10-27)21-26-13-19-36(46)35(42)22-26/h3-13,15-19,21-22,25,33-34,37,39,43,45-47H,14,20,23-24H2,1-2H3/b28-21-/t33-,34+,37-,39-/m1/s1. The number of hydrogen-bond donors (Lipinski definition) is 4. The van der Waals surface area contributed by atoms with Crippen molar-refractivity contribution in [2.45, 2.75) is 39.2 Å². The van der Waals surface area contributed by atoms with Gasteiger partial charge in [-0.2, -0.15) is 0 Å². The van der Waals surface area contributed by atoms with Crippen LogP contribution >= 0.6 is 0 Å². The minimum Gasteiger partial charge on any atom is -0.505 e. The van der Waals surface area contributed by atoms with Gasteiger partial charge in [0.15, 0.2) is 11.6 Å². The van der Waals surface area contributed by atoms with Gasteiger partial charge in [0.2, 0.25) is 11.8 Å². The van der Waals surface area contributed by atoms with Crippen LogP contribution in [0.2, 0.25) is 0 Å². The van der Waals surface area contributed by atoms with Crippen molar-refractivity contribution < 1.29 is 29.3 Å². The predicted molar refractivity (Wildman–Crippen MR) is 190 cm³/mol. The third kappa shape index (κ3) is 7.07. The van der Waals surface area contributed by atoms with Gasteiger partial charge in [0, 0.05) is 17.3 Å². The lowest BCUT2D eigenvalue weighted by Crippen LogP contribution is -2.39. The molecule has 252 valence electrons. The minimum absolute atomic E-state index is 0.0240. The van der Waals surface area contributed by atoms with Crippen LogP contribution in [0.15, 0.2) is 114 Å². The molecule has 49 heavy (non-hydrogen) atoms. The third-order valence-corrected chi connectivity index (χ3v) is 9.71. The number of aromatic hydroxyl groups is 1. The average molecular weight is 661 g/mol. The Bertz CT molecular complexity index is 1870. The minimum atomic E-state index is -0.987. The van der Waals surface area contributed by atoms with E-state index in [1.807, 2.05) is 92.7 Å². The topological polar surface area (TPSA) is 110 Å². The van der Waals surface area contributed by atoms with Gasteiger partial charge in [0.05, 0.1) is 30.2 Å². The van der Waals surface area contributed by atoms with E-state index in [0.29, 0.717) is 29.7 Å². The number of nitrogens with one attached hydrogen (secondary N) is 1. The number of nitrogens with zero attached hydrogens (tertiary/aromatic N) is 1. The van der Waals surface area contributed by atoms with Crippen molar-refractivity contribution in [1.29, 1.82) is 0 Å². The number of imide groups is 1. The molecule has 2 amide bonds. The van der Waals surface area contributed by atoms with Gasteiger partial charge in [-0.1, -0.05) is 80.1 Å². The second-order valence-electron chi connectivity index (χ2n) is 13.1. The molecular weight excluding hydrogens is 619 g/mol. The maximum atomic E-state index is 14.2. The number of aliphatic hydroxyl groups excluding tert-OH is 2. The second kappa shape index (κ2) is 14.6. The number of carbonyl (C=O) groups is 2. The molecule has 0 aromatic heterocycles. The number of allylic oxidation sites excluding steroid dienone is 2. The van der Waals surface area contributed by atoms with Gasteiger partial charge in [-0.3, -0.25) is 14.5 Å². The molecular formula is C41H41FN2O5. The summed E-state index contributed by atoms with van der Waals surface area (Å²) in [5.41, 5.74) is 6.05. The molecule has 6 rings (SSSR count). The number of halogens is 1. The molecule has 4 aromatic rings. The van der Waals surface area contributed by atoms with Crippen LogP contribution in [0, 0.1) is 29.5 Å². The first-order valence-corrected chi connectivity index (χ1v) is 16.7. The van der Waals surface area contributed by atoms with Crippen LogP contribution in [0.5, 0.6) is 5.75 Å². The van der Waals surface area contributed by atoms with Crippen molar-refractivity contribution in [2.75, 3.05) is 16.8 Å². The lowest BCUT2D eigenvalue weighted by Gasteiger charge is -2.38. The molecule has 8 heteroatoms. The lowest BCUT2D eigenvalue weighted by atomic mass is 9.66. The smallest absolute Gasteiger partial charge is 0.238 e. The van der Waals surface area contributed by atoms with Crippen LogP contribution < -0.4 is 10.2 Å². The van der Waals surface area contributed by atoms with E-state index in [9.17, 15) is 29.3 Å². The molecule has 7 nitrogen and oxygen atoms in total. The van der Waals surface area contributed by atoms with Crippen LogP contribution in [0.25, 0.3) is 11.6 Å². The fraction of sp³-hybridized carbons (Fsp3) is 0.268. The SMILES string of the molecule is CC(C)C1=C([C@H](O)CC/C(=C/c2ccc(O)c(F)c2)c2ccccc2)[C@H](CO)[C@@H]2C(=O)N(c3ccc(Nc4ccccc4)cc3)C(=O)[C@@H]2C1. The van der Waals surface area contributed by atoms with Crippen LogP contribution in [0.1, 0.15) is 44.2 Å². The zero-order valence-corrected chi connectivity index (χ0v) is 27.6. The molecule has 1 fully saturated rings. The highest BCUT2D eigenvalue weighted by molar-refractivity contribution is 6.22. The Morgan fingerprint density at radius 2 is 1.57 bits per heavy atom. The summed E-state index contributed by atoms with van der Waals surface area (Å²) in [6, 6.07) is 30.6. The maximum absolute atomic E-state index is 14.2. The number of amides is 2. The van der Waals surface area contributed by atoms with Crippen molar-refractivity contribution in [3.63, 3.8) is 0 Å². The number of carbonyl (C=O) groups excluding carboxylic acids is 2. The van der Waals surface area contributed by atoms with E-state index >= 15 is 0 Å². The van der Waals surface area contributed by atoms with E-state index in [1.54, 1.807) is 18.2 Å². The molecule has 0 spiro atoms. The van der Waals surface area contributed by atoms with Crippen molar-refractivity contribution >= 4 is 40.5 Å². The van der Waals surface area contributed by atoms with Gasteiger partial charge >= 0.3 is 0 Å². The van der Waals surface area contributed by atoms with E-state index in [4.69, 9.17) is 0 Å². The fourth-order valence-electron chi connectivity index (χ4n) is 7.29. The Morgan fingerprint density at radius 3 is 2.20 bits per heavy atom. The average Bonchev–Trinajstić information content (AvgIpc) is 3.36. The summed E-state index contributed by atoms with van der Waals surface area (Å²) in [5, 5.41) is 35.6. The molecule has 2 aliphatic rings. The Kier molecular flexibility index (Phi) is 10.1. The number of anilines is 3. The largest absolute Gasteiger partial charge is 0.505 e. The Morgan fingerprint density at radius 1 is 0.918 bits per heavy atom. The lowest BCUT2D eigenvalue weighted by molar-refractivity contribution is -0.123. The number of benzene rings is 4. The molecule has 0 saturated carbocycles. The monoisotopic (exact) mass is 660 g/mol. The predicted octanol–water partition coefficient (Wildman–Crippen LogP) is 7.73. The van der Waals surface area contributed by atoms with Crippen molar-refractivity contribution in [3.05, 3.63) is 131 Å². The van der Waals surface area contributed by atoms with Gasteiger partial charge in [-0.05, 0) is 96.0 Å². The number of hydrogen-bond acceptors (Lipinski definition) is 6. The highest BCUT2D eigenvalue weighted by atomic mass is 19.1. The quantitative estimate of drug-likeness (QED) is 0.0745. The van der Waals surface area contributed by atoms with Gasteiger partial charge in [-0.25, -0.2) is 4.39 Å². The van der Waals surface area contributed by atoms with Gasteiger partial charge < -0.3 is 20.6 Å². The first-order valence-electron chi connectivity index (χ1n) is 16.7. The van der Waals surface area contributed by atoms with Crippen LogP contribution in [0.4, 0.5) is 21.5 Å². The normalized spacial score (nSPS) is 20.2. The van der Waals surface area contributed by atoms with E-state index < -0.39 is 35.4 Å². The summed E-state index contributed by atoms with van der Waals surface area (Å²) < 4.78 is 14.2. The van der Waals surface area contributed by atoms with Crippen molar-refractivity contribution in [3.8, 4) is 5.75 Å². The maximum Gasteiger partial charge on any atom is 0.238 e. The Balaban J connectivity index is 1.25. The Hall–Kier alpha value is -5.05. The molecule has 0 unspecified atom stereocenters. The first kappa shape index (κ1) is 33.8. The molecule has 4 atom stereocenters. The number of phenols is 1. The molecule has 1 aliphatic carbocycles. The second-order valence-corrected chi connectivity index (χ2v) is 13.1. The molecule has 0 bridgehead atoms. The highest BCUT2D eigenvalue weighted by Crippen LogP contribution is 2.49. The molecule has 4 aromatic carbocycles. The third-order valence-electron chi connectivity index (χ3n) is 9.71. The summed E-state index contributed by atoms with van der Waals surface area (Å²) in [5.74, 6) is -3.99. The molecule has 4 N–H and O–H groups in total. The molecule has 1 heterocycles. The van der Waals surface area contributed by atoms with Gasteiger partial charge in [0.25, 0.3) is 0 Å². The summed E-state index contributed by atoms with van der Waals surface area (Å²) in [6.45, 7) is 3.62. The van der Waals surface area contributed by atoms with Crippen molar-refractivity contribution in [2.24, 2.45) is 23.7 Å². The summed E-state index contributed by atoms with van der Waals surface area (Å²) in [7, 11) is 0. The Labute approximate surface area is 286 Å². The zero-order valence-electron chi connectivity index (χ0n) is 27.6.